The van der Waals surface area contributed by atoms with Gasteiger partial charge in [-0.2, -0.15) is 0 Å². The first kappa shape index (κ1) is 9.84. The molecule has 2 heteroatoms. The predicted octanol–water partition coefficient (Wildman–Crippen LogP) is 2.53. The van der Waals surface area contributed by atoms with Gasteiger partial charge >= 0.3 is 0 Å². The molecule has 0 bridgehead atoms. The van der Waals surface area contributed by atoms with Crippen LogP contribution in [0.3, 0.4) is 0 Å². The number of aryl methyl sites for hydroxylation is 1. The van der Waals surface area contributed by atoms with Crippen molar-refractivity contribution in [1.82, 2.24) is 0 Å². The van der Waals surface area contributed by atoms with Crippen molar-refractivity contribution in [2.45, 2.75) is 6.92 Å². The Bertz CT molecular complexity index is 388. The van der Waals surface area contributed by atoms with Crippen LogP contribution in [-0.4, -0.2) is 7.85 Å². The van der Waals surface area contributed by atoms with E-state index in [1.165, 1.54) is 5.56 Å². The molecule has 0 atom stereocenters. The molecule has 0 saturated carbocycles. The van der Waals surface area contributed by atoms with E-state index >= 15 is 0 Å². The van der Waals surface area contributed by atoms with Crippen LogP contribution in [-0.2, 0) is 0 Å². The molecule has 0 saturated heterocycles. The summed E-state index contributed by atoms with van der Waals surface area (Å²) in [5.41, 5.74) is 4.18. The minimum absolute atomic E-state index is 0.782. The maximum atomic E-state index is 5.61. The number of nitrogens with one attached hydrogen (secondary N) is 1. The highest BCUT2D eigenvalue weighted by atomic mass is 14.9. The van der Waals surface area contributed by atoms with E-state index in [2.05, 4.69) is 36.5 Å². The Morgan fingerprint density at radius 1 is 0.800 bits per heavy atom. The summed E-state index contributed by atoms with van der Waals surface area (Å²) in [5, 5.41) is 3.30. The fourth-order valence-corrected chi connectivity index (χ4v) is 1.37. The van der Waals surface area contributed by atoms with Crippen molar-refractivity contribution in [1.29, 1.82) is 0 Å². The van der Waals surface area contributed by atoms with Crippen LogP contribution in [0.15, 0.2) is 48.5 Å². The molecule has 0 amide bonds. The van der Waals surface area contributed by atoms with Crippen molar-refractivity contribution in [3.8, 4) is 0 Å². The zero-order valence-electron chi connectivity index (χ0n) is 8.70. The summed E-state index contributed by atoms with van der Waals surface area (Å²) in [5.74, 6) is 0. The lowest BCUT2D eigenvalue weighted by atomic mass is 9.96. The van der Waals surface area contributed by atoms with Gasteiger partial charge in [0.05, 0.1) is 0 Å². The monoisotopic (exact) mass is 193 g/mol. The van der Waals surface area contributed by atoms with E-state index in [-0.39, 0.29) is 0 Å². The highest BCUT2D eigenvalue weighted by Crippen LogP contribution is 2.15. The first-order valence-electron chi connectivity index (χ1n) is 4.93. The molecule has 2 aromatic rings. The SMILES string of the molecule is [B]c1ccc(Nc2ccc(C)cc2)cc1. The summed E-state index contributed by atoms with van der Waals surface area (Å²) in [4.78, 5) is 0. The lowest BCUT2D eigenvalue weighted by Crippen LogP contribution is -2.00. The molecule has 0 heterocycles. The van der Waals surface area contributed by atoms with Crippen molar-refractivity contribution in [2.75, 3.05) is 5.32 Å². The van der Waals surface area contributed by atoms with Gasteiger partial charge in [-0.1, -0.05) is 35.3 Å². The Hall–Kier alpha value is -1.70. The Balaban J connectivity index is 2.15. The predicted molar refractivity (Wildman–Crippen MR) is 66.3 cm³/mol. The van der Waals surface area contributed by atoms with Gasteiger partial charge < -0.3 is 5.32 Å². The van der Waals surface area contributed by atoms with E-state index in [0.717, 1.165) is 16.8 Å². The topological polar surface area (TPSA) is 12.0 Å². The molecule has 2 radical (unpaired) electrons. The summed E-state index contributed by atoms with van der Waals surface area (Å²) in [6.07, 6.45) is 0. The van der Waals surface area contributed by atoms with Crippen molar-refractivity contribution in [2.24, 2.45) is 0 Å². The van der Waals surface area contributed by atoms with Crippen molar-refractivity contribution >= 4 is 24.7 Å². The lowest BCUT2D eigenvalue weighted by Gasteiger charge is -2.06. The van der Waals surface area contributed by atoms with Crippen LogP contribution in [0, 0.1) is 6.92 Å². The molecule has 2 aromatic carbocycles. The second kappa shape index (κ2) is 4.22. The van der Waals surface area contributed by atoms with E-state index in [1.54, 1.807) is 0 Å². The van der Waals surface area contributed by atoms with E-state index in [0.29, 0.717) is 0 Å². The molecular formula is C13H12BN. The smallest absolute Gasteiger partial charge is 0.113 e. The van der Waals surface area contributed by atoms with Crippen LogP contribution in [0.4, 0.5) is 11.4 Å². The van der Waals surface area contributed by atoms with Crippen molar-refractivity contribution < 1.29 is 0 Å². The Morgan fingerprint density at radius 2 is 1.27 bits per heavy atom. The molecule has 0 aliphatic carbocycles. The van der Waals surface area contributed by atoms with Crippen molar-refractivity contribution in [3.63, 3.8) is 0 Å². The molecule has 0 unspecified atom stereocenters. The first-order chi connectivity index (χ1) is 7.24. The molecule has 0 spiro atoms. The van der Waals surface area contributed by atoms with Crippen LogP contribution in [0.1, 0.15) is 5.56 Å². The summed E-state index contributed by atoms with van der Waals surface area (Å²) in [7, 11) is 5.61. The third kappa shape index (κ3) is 2.63. The summed E-state index contributed by atoms with van der Waals surface area (Å²) in [6, 6.07) is 16.0. The Morgan fingerprint density at radius 3 is 1.80 bits per heavy atom. The number of rotatable bonds is 2. The molecular weight excluding hydrogens is 181 g/mol. The van der Waals surface area contributed by atoms with Crippen molar-refractivity contribution in [3.05, 3.63) is 54.1 Å². The second-order valence-corrected chi connectivity index (χ2v) is 3.61. The van der Waals surface area contributed by atoms with Gasteiger partial charge in [-0.25, -0.2) is 0 Å². The summed E-state index contributed by atoms with van der Waals surface area (Å²) in [6.45, 7) is 2.08. The van der Waals surface area contributed by atoms with Gasteiger partial charge in [0.15, 0.2) is 0 Å². The largest absolute Gasteiger partial charge is 0.356 e. The maximum absolute atomic E-state index is 5.61. The molecule has 2 rings (SSSR count). The first-order valence-corrected chi connectivity index (χ1v) is 4.93. The van der Waals surface area contributed by atoms with E-state index in [4.69, 9.17) is 7.85 Å². The lowest BCUT2D eigenvalue weighted by molar-refractivity contribution is 1.46. The highest BCUT2D eigenvalue weighted by Gasteiger charge is 1.93. The van der Waals surface area contributed by atoms with Gasteiger partial charge in [0.2, 0.25) is 0 Å². The van der Waals surface area contributed by atoms with Crippen LogP contribution in [0.2, 0.25) is 0 Å². The van der Waals surface area contributed by atoms with E-state index < -0.39 is 0 Å². The third-order valence-electron chi connectivity index (χ3n) is 2.25. The fourth-order valence-electron chi connectivity index (χ4n) is 1.37. The Kier molecular flexibility index (Phi) is 2.77. The van der Waals surface area contributed by atoms with E-state index in [9.17, 15) is 0 Å². The van der Waals surface area contributed by atoms with Gasteiger partial charge in [-0.15, -0.1) is 0 Å². The van der Waals surface area contributed by atoms with Gasteiger partial charge in [0, 0.05) is 11.4 Å². The molecule has 72 valence electrons. The van der Waals surface area contributed by atoms with E-state index in [1.807, 2.05) is 24.3 Å². The van der Waals surface area contributed by atoms with Crippen LogP contribution in [0.5, 0.6) is 0 Å². The normalized spacial score (nSPS) is 9.93. The maximum Gasteiger partial charge on any atom is 0.113 e. The minimum atomic E-state index is 0.782. The molecule has 1 N–H and O–H groups in total. The molecule has 15 heavy (non-hydrogen) atoms. The number of anilines is 2. The van der Waals surface area contributed by atoms with Gasteiger partial charge in [-0.3, -0.25) is 0 Å². The summed E-state index contributed by atoms with van der Waals surface area (Å²) < 4.78 is 0. The number of hydrogen-bond acceptors (Lipinski definition) is 1. The molecule has 0 fully saturated rings. The molecule has 0 aliphatic rings. The third-order valence-corrected chi connectivity index (χ3v) is 2.25. The van der Waals surface area contributed by atoms with Crippen LogP contribution in [0.25, 0.3) is 0 Å². The quantitative estimate of drug-likeness (QED) is 0.722. The molecule has 0 aromatic heterocycles. The van der Waals surface area contributed by atoms with Crippen LogP contribution < -0.4 is 10.8 Å². The van der Waals surface area contributed by atoms with Crippen LogP contribution >= 0.6 is 0 Å². The average molecular weight is 193 g/mol. The highest BCUT2D eigenvalue weighted by molar-refractivity contribution is 6.32. The molecule has 1 nitrogen and oxygen atoms in total. The molecule has 0 aliphatic heterocycles. The van der Waals surface area contributed by atoms with Gasteiger partial charge in [0.25, 0.3) is 0 Å². The number of benzene rings is 2. The standard InChI is InChI=1S/C13H12BN/c1-10-2-6-12(7-3-10)15-13-8-4-11(14)5-9-13/h2-9,15H,1H3. The zero-order chi connectivity index (χ0) is 10.7. The Labute approximate surface area is 91.6 Å². The average Bonchev–Trinajstić information content (AvgIpc) is 2.25. The second-order valence-electron chi connectivity index (χ2n) is 3.61. The minimum Gasteiger partial charge on any atom is -0.356 e. The van der Waals surface area contributed by atoms with Gasteiger partial charge in [-0.05, 0) is 31.2 Å². The number of hydrogen-bond donors (Lipinski definition) is 1. The summed E-state index contributed by atoms with van der Waals surface area (Å²) >= 11 is 0. The van der Waals surface area contributed by atoms with Gasteiger partial charge in [0.1, 0.15) is 7.85 Å². The zero-order valence-corrected chi connectivity index (χ0v) is 8.70. The fraction of sp³-hybridized carbons (Fsp3) is 0.0769.